The lowest BCUT2D eigenvalue weighted by Gasteiger charge is -2.37. The van der Waals surface area contributed by atoms with Gasteiger partial charge in [0, 0.05) is 26.3 Å². The van der Waals surface area contributed by atoms with Gasteiger partial charge in [-0.3, -0.25) is 9.48 Å². The molecule has 1 aliphatic heterocycles. The maximum absolute atomic E-state index is 12.5. The van der Waals surface area contributed by atoms with Gasteiger partial charge >= 0.3 is 0 Å². The van der Waals surface area contributed by atoms with Crippen molar-refractivity contribution in [2.45, 2.75) is 5.92 Å². The number of carbonyl (C=O) groups is 1. The molecule has 2 aromatic heterocycles. The van der Waals surface area contributed by atoms with E-state index >= 15 is 0 Å². The first kappa shape index (κ1) is 13.8. The topological polar surface area (TPSA) is 76.0 Å². The van der Waals surface area contributed by atoms with Gasteiger partial charge < -0.3 is 14.6 Å². The van der Waals surface area contributed by atoms with Crippen molar-refractivity contribution < 1.29 is 9.53 Å². The van der Waals surface area contributed by atoms with Gasteiger partial charge in [0.05, 0.1) is 24.1 Å². The summed E-state index contributed by atoms with van der Waals surface area (Å²) >= 11 is 0. The summed E-state index contributed by atoms with van der Waals surface area (Å²) in [6.45, 7) is 1.30. The normalized spacial score (nSPS) is 15.0. The van der Waals surface area contributed by atoms with Gasteiger partial charge in [-0.1, -0.05) is 12.1 Å². The Kier molecular flexibility index (Phi) is 3.07. The van der Waals surface area contributed by atoms with E-state index in [-0.39, 0.29) is 11.8 Å². The van der Waals surface area contributed by atoms with E-state index in [0.29, 0.717) is 24.5 Å². The van der Waals surface area contributed by atoms with Gasteiger partial charge in [-0.15, -0.1) is 5.10 Å². The molecule has 0 atom stereocenters. The van der Waals surface area contributed by atoms with Gasteiger partial charge in [-0.2, -0.15) is 0 Å². The molecule has 3 aromatic rings. The number of aromatic nitrogens is 4. The Morgan fingerprint density at radius 3 is 2.87 bits per heavy atom. The fraction of sp³-hybridized carbons (Fsp3) is 0.312. The Bertz CT molecular complexity index is 843. The summed E-state index contributed by atoms with van der Waals surface area (Å²) in [5, 5.41) is 4.13. The van der Waals surface area contributed by atoms with E-state index in [2.05, 4.69) is 15.1 Å². The number of amides is 1. The van der Waals surface area contributed by atoms with Crippen LogP contribution in [0.25, 0.3) is 11.0 Å². The third-order valence-corrected chi connectivity index (χ3v) is 4.18. The van der Waals surface area contributed by atoms with E-state index in [1.807, 2.05) is 24.3 Å². The molecule has 1 fully saturated rings. The summed E-state index contributed by atoms with van der Waals surface area (Å²) in [5.41, 5.74) is 2.49. The molecule has 1 amide bonds. The van der Waals surface area contributed by atoms with E-state index in [4.69, 9.17) is 4.74 Å². The number of nitrogens with zero attached hydrogens (tertiary/aromatic N) is 4. The molecule has 0 spiro atoms. The summed E-state index contributed by atoms with van der Waals surface area (Å²) in [6.07, 6.45) is 1.69. The van der Waals surface area contributed by atoms with Gasteiger partial charge in [0.15, 0.2) is 0 Å². The Balaban J connectivity index is 1.49. The number of aryl methyl sites for hydroxylation is 1. The number of likely N-dealkylation sites (tertiary alicyclic amines) is 1. The molecule has 0 aliphatic carbocycles. The number of imidazole rings is 1. The van der Waals surface area contributed by atoms with E-state index in [1.165, 1.54) is 7.11 Å². The summed E-state index contributed by atoms with van der Waals surface area (Å²) < 4.78 is 6.75. The van der Waals surface area contributed by atoms with Crippen molar-refractivity contribution in [3.05, 3.63) is 41.9 Å². The fourth-order valence-corrected chi connectivity index (χ4v) is 2.92. The summed E-state index contributed by atoms with van der Waals surface area (Å²) in [7, 11) is 3.29. The van der Waals surface area contributed by atoms with E-state index in [9.17, 15) is 4.79 Å². The minimum Gasteiger partial charge on any atom is -0.479 e. The summed E-state index contributed by atoms with van der Waals surface area (Å²) in [5.74, 6) is 1.49. The lowest BCUT2D eigenvalue weighted by atomic mass is 9.98. The molecule has 7 nitrogen and oxygen atoms in total. The van der Waals surface area contributed by atoms with Crippen molar-refractivity contribution in [1.29, 1.82) is 0 Å². The van der Waals surface area contributed by atoms with Crippen LogP contribution in [0.2, 0.25) is 0 Å². The summed E-state index contributed by atoms with van der Waals surface area (Å²) in [6, 6.07) is 7.94. The highest BCUT2D eigenvalue weighted by Crippen LogP contribution is 2.29. The zero-order valence-corrected chi connectivity index (χ0v) is 13.0. The molecular formula is C16H17N5O2. The van der Waals surface area contributed by atoms with Crippen molar-refractivity contribution in [2.24, 2.45) is 7.05 Å². The van der Waals surface area contributed by atoms with Crippen LogP contribution in [-0.4, -0.2) is 50.8 Å². The molecule has 0 bridgehead atoms. The minimum atomic E-state index is -0.0534. The van der Waals surface area contributed by atoms with E-state index in [0.717, 1.165) is 16.9 Å². The third-order valence-electron chi connectivity index (χ3n) is 4.18. The Morgan fingerprint density at radius 1 is 1.35 bits per heavy atom. The Morgan fingerprint density at radius 2 is 2.13 bits per heavy atom. The van der Waals surface area contributed by atoms with Crippen LogP contribution < -0.4 is 4.74 Å². The number of H-pyrrole nitrogens is 1. The van der Waals surface area contributed by atoms with Crippen LogP contribution in [-0.2, 0) is 7.05 Å². The molecule has 23 heavy (non-hydrogen) atoms. The molecule has 1 aliphatic rings. The number of fused-ring (bicyclic) bond motifs is 1. The standard InChI is InChI=1S/C16H17N5O2/c1-20-9-11(15(19-20)23-2)16(22)21-7-10(8-21)14-17-12-5-3-4-6-13(12)18-14/h3-6,9-10H,7-8H2,1-2H3,(H,17,18). The molecule has 118 valence electrons. The van der Waals surface area contributed by atoms with Crippen molar-refractivity contribution in [1.82, 2.24) is 24.6 Å². The monoisotopic (exact) mass is 311 g/mol. The second-order valence-electron chi connectivity index (χ2n) is 5.77. The zero-order chi connectivity index (χ0) is 16.0. The van der Waals surface area contributed by atoms with Crippen LogP contribution in [0.15, 0.2) is 30.5 Å². The number of hydrogen-bond acceptors (Lipinski definition) is 4. The van der Waals surface area contributed by atoms with Crippen molar-refractivity contribution in [3.8, 4) is 5.88 Å². The number of carbonyl (C=O) groups excluding carboxylic acids is 1. The first-order valence-electron chi connectivity index (χ1n) is 7.47. The van der Waals surface area contributed by atoms with Gasteiger partial charge in [0.25, 0.3) is 5.91 Å². The van der Waals surface area contributed by atoms with Crippen LogP contribution in [0.4, 0.5) is 0 Å². The number of hydrogen-bond donors (Lipinski definition) is 1. The highest BCUT2D eigenvalue weighted by molar-refractivity contribution is 5.96. The molecule has 0 radical (unpaired) electrons. The number of methoxy groups -OCH3 is 1. The van der Waals surface area contributed by atoms with Gasteiger partial charge in [-0.25, -0.2) is 4.98 Å². The molecule has 1 aromatic carbocycles. The highest BCUT2D eigenvalue weighted by Gasteiger charge is 2.35. The Hall–Kier alpha value is -2.83. The van der Waals surface area contributed by atoms with Crippen LogP contribution >= 0.6 is 0 Å². The summed E-state index contributed by atoms with van der Waals surface area (Å²) in [4.78, 5) is 22.3. The van der Waals surface area contributed by atoms with Crippen molar-refractivity contribution >= 4 is 16.9 Å². The molecule has 7 heteroatoms. The SMILES string of the molecule is COc1nn(C)cc1C(=O)N1CC(c2nc3ccccc3[nH]2)C1. The smallest absolute Gasteiger partial charge is 0.261 e. The second-order valence-corrected chi connectivity index (χ2v) is 5.77. The number of benzene rings is 1. The molecule has 1 N–H and O–H groups in total. The molecular weight excluding hydrogens is 294 g/mol. The minimum absolute atomic E-state index is 0.0534. The Labute approximate surface area is 132 Å². The van der Waals surface area contributed by atoms with Crippen LogP contribution in [0, 0.1) is 0 Å². The fourth-order valence-electron chi connectivity index (χ4n) is 2.92. The van der Waals surface area contributed by atoms with Crippen molar-refractivity contribution in [3.63, 3.8) is 0 Å². The zero-order valence-electron chi connectivity index (χ0n) is 13.0. The molecule has 0 unspecified atom stereocenters. The number of para-hydroxylation sites is 2. The van der Waals surface area contributed by atoms with Gasteiger partial charge in [0.2, 0.25) is 5.88 Å². The van der Waals surface area contributed by atoms with E-state index < -0.39 is 0 Å². The molecule has 3 heterocycles. The van der Waals surface area contributed by atoms with Crippen molar-refractivity contribution in [2.75, 3.05) is 20.2 Å². The predicted molar refractivity (Wildman–Crippen MR) is 84.5 cm³/mol. The maximum atomic E-state index is 12.5. The lowest BCUT2D eigenvalue weighted by Crippen LogP contribution is -2.48. The molecule has 4 rings (SSSR count). The van der Waals surface area contributed by atoms with Crippen LogP contribution in [0.3, 0.4) is 0 Å². The third kappa shape index (κ3) is 2.25. The molecule has 1 saturated heterocycles. The number of ether oxygens (including phenoxy) is 1. The van der Waals surface area contributed by atoms with Gasteiger partial charge in [0.1, 0.15) is 11.4 Å². The predicted octanol–water partition coefficient (Wildman–Crippen LogP) is 1.54. The van der Waals surface area contributed by atoms with Gasteiger partial charge in [-0.05, 0) is 12.1 Å². The first-order valence-corrected chi connectivity index (χ1v) is 7.47. The van der Waals surface area contributed by atoms with E-state index in [1.54, 1.807) is 22.8 Å². The first-order chi connectivity index (χ1) is 11.2. The number of nitrogens with one attached hydrogen (secondary N) is 1. The van der Waals surface area contributed by atoms with Crippen LogP contribution in [0.1, 0.15) is 22.1 Å². The second kappa shape index (κ2) is 5.12. The lowest BCUT2D eigenvalue weighted by molar-refractivity contribution is 0.0592. The number of rotatable bonds is 3. The van der Waals surface area contributed by atoms with Crippen LogP contribution in [0.5, 0.6) is 5.88 Å². The number of aromatic amines is 1. The molecule has 0 saturated carbocycles. The largest absolute Gasteiger partial charge is 0.479 e. The highest BCUT2D eigenvalue weighted by atomic mass is 16.5. The quantitative estimate of drug-likeness (QED) is 0.796. The maximum Gasteiger partial charge on any atom is 0.261 e. The average Bonchev–Trinajstić information content (AvgIpc) is 3.08. The average molecular weight is 311 g/mol.